The number of rotatable bonds is 2. The van der Waals surface area contributed by atoms with Gasteiger partial charge in [-0.1, -0.05) is 0 Å². The first kappa shape index (κ1) is 10.9. The van der Waals surface area contributed by atoms with Crippen LogP contribution in [0.25, 0.3) is 0 Å². The van der Waals surface area contributed by atoms with Crippen LogP contribution in [0, 0.1) is 16.1 Å². The van der Waals surface area contributed by atoms with Crippen LogP contribution in [0.15, 0.2) is 10.5 Å². The molecule has 0 N–H and O–H groups in total. The van der Waals surface area contributed by atoms with Gasteiger partial charge in [-0.3, -0.25) is 0 Å². The Morgan fingerprint density at radius 2 is 2.14 bits per heavy atom. The van der Waals surface area contributed by atoms with Crippen molar-refractivity contribution in [3.63, 3.8) is 0 Å². The maximum absolute atomic E-state index is 12.8. The van der Waals surface area contributed by atoms with Crippen molar-refractivity contribution in [3.8, 4) is 0 Å². The van der Waals surface area contributed by atoms with Gasteiger partial charge in [0.05, 0.1) is 6.07 Å². The van der Waals surface area contributed by atoms with E-state index in [1.165, 1.54) is 0 Å². The maximum atomic E-state index is 12.8. The molecule has 1 heterocycles. The monoisotopic (exact) mass is 270 g/mol. The summed E-state index contributed by atoms with van der Waals surface area (Å²) in [5, 5.41) is 10.2. The van der Waals surface area contributed by atoms with Crippen molar-refractivity contribution >= 4 is 21.7 Å². The van der Waals surface area contributed by atoms with Gasteiger partial charge in [0.2, 0.25) is 0 Å². The van der Waals surface area contributed by atoms with Crippen LogP contribution in [0.3, 0.4) is 0 Å². The number of halogens is 4. The third kappa shape index (κ3) is 2.00. The van der Waals surface area contributed by atoms with Gasteiger partial charge < -0.3 is 10.1 Å². The van der Waals surface area contributed by atoms with Gasteiger partial charge in [0, 0.05) is 4.47 Å². The zero-order chi connectivity index (χ0) is 10.9. The Morgan fingerprint density at radius 1 is 1.57 bits per heavy atom. The number of hydrogen-bond acceptors (Lipinski definition) is 3. The average Bonchev–Trinajstić information content (AvgIpc) is 2.01. The van der Waals surface area contributed by atoms with Crippen LogP contribution in [-0.2, 0) is 0 Å². The first-order valence-corrected chi connectivity index (χ1v) is 4.01. The van der Waals surface area contributed by atoms with Gasteiger partial charge in [0.25, 0.3) is 6.43 Å². The third-order valence-corrected chi connectivity index (χ3v) is 2.01. The lowest BCUT2D eigenvalue weighted by Gasteiger charge is -2.01. The molecule has 0 radical (unpaired) electrons. The van der Waals surface area contributed by atoms with Crippen LogP contribution in [0.2, 0.25) is 0 Å². The molecule has 76 valence electrons. The lowest BCUT2D eigenvalue weighted by atomic mass is 10.3. The van der Waals surface area contributed by atoms with Crippen LogP contribution in [-0.4, -0.2) is 9.91 Å². The minimum Gasteiger partial charge on any atom is -0.358 e. The van der Waals surface area contributed by atoms with E-state index < -0.39 is 28.7 Å². The molecule has 0 fully saturated rings. The molecule has 0 aliphatic rings. The van der Waals surface area contributed by atoms with Crippen molar-refractivity contribution in [1.29, 1.82) is 0 Å². The molecule has 14 heavy (non-hydrogen) atoms. The number of alkyl halides is 2. The van der Waals surface area contributed by atoms with E-state index in [0.717, 1.165) is 6.07 Å². The Morgan fingerprint density at radius 3 is 2.50 bits per heavy atom. The topological polar surface area (TPSA) is 56.0 Å². The largest absolute Gasteiger partial charge is 0.368 e. The highest BCUT2D eigenvalue weighted by Gasteiger charge is 2.25. The molecule has 0 atom stereocenters. The van der Waals surface area contributed by atoms with Crippen LogP contribution < -0.4 is 0 Å². The standard InChI is InChI=1S/C6H2BrF3N2O2/c7-2-1-3(12(13)14)11-6(10)4(2)5(8)9/h1,5H. The molecule has 4 nitrogen and oxygen atoms in total. The second-order valence-electron chi connectivity index (χ2n) is 2.22. The smallest absolute Gasteiger partial charge is 0.358 e. The number of aromatic nitrogens is 1. The van der Waals surface area contributed by atoms with E-state index in [4.69, 9.17) is 0 Å². The summed E-state index contributed by atoms with van der Waals surface area (Å²) in [6.45, 7) is 0. The Labute approximate surface area is 84.0 Å². The van der Waals surface area contributed by atoms with Gasteiger partial charge in [-0.15, -0.1) is 0 Å². The van der Waals surface area contributed by atoms with Crippen molar-refractivity contribution in [3.05, 3.63) is 32.2 Å². The molecule has 0 saturated carbocycles. The Bertz CT molecular complexity index is 362. The number of hydrogen-bond donors (Lipinski definition) is 0. The summed E-state index contributed by atoms with van der Waals surface area (Å²) in [4.78, 5) is 12.0. The van der Waals surface area contributed by atoms with Crippen molar-refractivity contribution in [2.75, 3.05) is 0 Å². The van der Waals surface area contributed by atoms with E-state index in [9.17, 15) is 23.3 Å². The lowest BCUT2D eigenvalue weighted by molar-refractivity contribution is -0.390. The highest BCUT2D eigenvalue weighted by Crippen LogP contribution is 2.31. The van der Waals surface area contributed by atoms with Gasteiger partial charge in [0.15, 0.2) is 0 Å². The molecule has 0 aliphatic heterocycles. The van der Waals surface area contributed by atoms with Crippen molar-refractivity contribution in [2.45, 2.75) is 6.43 Å². The second kappa shape index (κ2) is 3.91. The molecule has 0 bridgehead atoms. The fraction of sp³-hybridized carbons (Fsp3) is 0.167. The summed E-state index contributed by atoms with van der Waals surface area (Å²) in [5.41, 5.74) is -0.976. The molecule has 1 aromatic heterocycles. The first-order valence-electron chi connectivity index (χ1n) is 3.22. The summed E-state index contributed by atoms with van der Waals surface area (Å²) >= 11 is 2.60. The Kier molecular flexibility index (Phi) is 3.04. The highest BCUT2D eigenvalue weighted by atomic mass is 79.9. The molecule has 0 unspecified atom stereocenters. The van der Waals surface area contributed by atoms with Crippen LogP contribution >= 0.6 is 15.9 Å². The van der Waals surface area contributed by atoms with E-state index in [0.29, 0.717) is 0 Å². The maximum Gasteiger partial charge on any atom is 0.368 e. The van der Waals surface area contributed by atoms with Crippen LogP contribution in [0.5, 0.6) is 0 Å². The fourth-order valence-electron chi connectivity index (χ4n) is 0.771. The fourth-order valence-corrected chi connectivity index (χ4v) is 1.31. The summed E-state index contributed by atoms with van der Waals surface area (Å²) < 4.78 is 36.7. The van der Waals surface area contributed by atoms with E-state index >= 15 is 0 Å². The van der Waals surface area contributed by atoms with E-state index in [2.05, 4.69) is 20.9 Å². The van der Waals surface area contributed by atoms with Gasteiger partial charge in [-0.05, 0) is 25.8 Å². The third-order valence-electron chi connectivity index (χ3n) is 1.35. The van der Waals surface area contributed by atoms with Crippen LogP contribution in [0.4, 0.5) is 19.0 Å². The quantitative estimate of drug-likeness (QED) is 0.472. The predicted molar refractivity (Wildman–Crippen MR) is 43.5 cm³/mol. The summed E-state index contributed by atoms with van der Waals surface area (Å²) in [5.74, 6) is -2.36. The summed E-state index contributed by atoms with van der Waals surface area (Å²) in [6, 6.07) is 0.727. The number of nitrogens with zero attached hydrogens (tertiary/aromatic N) is 2. The molecule has 0 spiro atoms. The van der Waals surface area contributed by atoms with E-state index in [-0.39, 0.29) is 4.47 Å². The lowest BCUT2D eigenvalue weighted by Crippen LogP contribution is -2.00. The number of nitro groups is 1. The molecular weight excluding hydrogens is 269 g/mol. The van der Waals surface area contributed by atoms with Gasteiger partial charge in [0.1, 0.15) is 5.56 Å². The zero-order valence-electron chi connectivity index (χ0n) is 6.38. The highest BCUT2D eigenvalue weighted by molar-refractivity contribution is 9.10. The SMILES string of the molecule is O=[N+]([O-])c1cc(Br)c(C(F)F)c(F)n1. The normalized spacial score (nSPS) is 10.6. The molecule has 8 heteroatoms. The Balaban J connectivity index is 3.32. The van der Waals surface area contributed by atoms with Crippen molar-refractivity contribution < 1.29 is 18.1 Å². The zero-order valence-corrected chi connectivity index (χ0v) is 7.96. The minimum absolute atomic E-state index is 0.369. The van der Waals surface area contributed by atoms with E-state index in [1.54, 1.807) is 0 Å². The molecule has 0 aliphatic carbocycles. The van der Waals surface area contributed by atoms with Gasteiger partial charge in [-0.2, -0.15) is 4.39 Å². The molecule has 0 aromatic carbocycles. The average molecular weight is 271 g/mol. The second-order valence-corrected chi connectivity index (χ2v) is 3.08. The van der Waals surface area contributed by atoms with Gasteiger partial charge in [-0.25, -0.2) is 8.78 Å². The molecule has 1 aromatic rings. The summed E-state index contributed by atoms with van der Waals surface area (Å²) in [6.07, 6.45) is -3.07. The predicted octanol–water partition coefficient (Wildman–Crippen LogP) is 2.83. The molecular formula is C6H2BrF3N2O2. The van der Waals surface area contributed by atoms with Crippen molar-refractivity contribution in [1.82, 2.24) is 4.98 Å². The minimum atomic E-state index is -3.07. The van der Waals surface area contributed by atoms with Crippen molar-refractivity contribution in [2.24, 2.45) is 0 Å². The van der Waals surface area contributed by atoms with Gasteiger partial charge >= 0.3 is 11.8 Å². The Hall–Kier alpha value is -1.18. The number of pyridine rings is 1. The van der Waals surface area contributed by atoms with Crippen LogP contribution in [0.1, 0.15) is 12.0 Å². The first-order chi connectivity index (χ1) is 6.43. The summed E-state index contributed by atoms with van der Waals surface area (Å²) in [7, 11) is 0. The molecule has 1 rings (SSSR count). The van der Waals surface area contributed by atoms with E-state index in [1.807, 2.05) is 0 Å². The molecule has 0 amide bonds. The molecule has 0 saturated heterocycles.